The van der Waals surface area contributed by atoms with Gasteiger partial charge in [0.25, 0.3) is 11.8 Å². The van der Waals surface area contributed by atoms with Crippen LogP contribution in [-0.4, -0.2) is 43.0 Å². The molecule has 0 atom stereocenters. The quantitative estimate of drug-likeness (QED) is 0.202. The maximum Gasteiger partial charge on any atom is 0.337 e. The lowest BCUT2D eigenvalue weighted by Crippen LogP contribution is -2.26. The first kappa shape index (κ1) is 28.5. The number of ether oxygens (including phenoxy) is 1. The first-order valence-electron chi connectivity index (χ1n) is 12.7. The molecule has 0 radical (unpaired) electrons. The summed E-state index contributed by atoms with van der Waals surface area (Å²) in [7, 11) is 2.93. The fraction of sp³-hybridized carbons (Fsp3) is 0.0909. The minimum absolute atomic E-state index is 0.00615. The number of nitrogens with one attached hydrogen (secondary N) is 1. The number of amides is 2. The van der Waals surface area contributed by atoms with Crippen molar-refractivity contribution in [3.8, 4) is 0 Å². The van der Waals surface area contributed by atoms with Gasteiger partial charge in [-0.05, 0) is 77.4 Å². The van der Waals surface area contributed by atoms with Gasteiger partial charge in [0.2, 0.25) is 0 Å². The molecule has 8 heteroatoms. The van der Waals surface area contributed by atoms with Crippen molar-refractivity contribution in [1.29, 1.82) is 0 Å². The molecule has 0 saturated heterocycles. The average Bonchev–Trinajstić information content (AvgIpc) is 3.00. The summed E-state index contributed by atoms with van der Waals surface area (Å²) in [5, 5.41) is 11.7. The van der Waals surface area contributed by atoms with E-state index >= 15 is 0 Å². The number of esters is 1. The van der Waals surface area contributed by atoms with E-state index in [4.69, 9.17) is 5.11 Å². The summed E-state index contributed by atoms with van der Waals surface area (Å²) >= 11 is 0. The molecular formula is C33H28N2O6. The normalized spacial score (nSPS) is 10.7. The Bertz CT molecular complexity index is 1570. The van der Waals surface area contributed by atoms with Crippen LogP contribution in [0.5, 0.6) is 0 Å². The maximum atomic E-state index is 12.9. The number of nitrogens with zero attached hydrogens (tertiary/aromatic N) is 1. The van der Waals surface area contributed by atoms with Gasteiger partial charge >= 0.3 is 11.9 Å². The third-order valence-electron chi connectivity index (χ3n) is 6.35. The average molecular weight is 549 g/mol. The van der Waals surface area contributed by atoms with E-state index in [2.05, 4.69) is 10.1 Å². The number of benzene rings is 4. The molecule has 0 spiro atoms. The second-order valence-corrected chi connectivity index (χ2v) is 9.20. The van der Waals surface area contributed by atoms with Gasteiger partial charge in [0, 0.05) is 29.5 Å². The van der Waals surface area contributed by atoms with Gasteiger partial charge in [-0.1, -0.05) is 48.6 Å². The minimum Gasteiger partial charge on any atom is -0.481 e. The van der Waals surface area contributed by atoms with Gasteiger partial charge in [0.05, 0.1) is 19.1 Å². The molecule has 0 bridgehead atoms. The van der Waals surface area contributed by atoms with Crippen molar-refractivity contribution >= 4 is 47.3 Å². The highest BCUT2D eigenvalue weighted by Gasteiger charge is 2.15. The molecule has 0 aliphatic rings. The van der Waals surface area contributed by atoms with Crippen molar-refractivity contribution in [2.24, 2.45) is 0 Å². The van der Waals surface area contributed by atoms with Crippen LogP contribution in [0.2, 0.25) is 0 Å². The van der Waals surface area contributed by atoms with E-state index in [1.165, 1.54) is 24.1 Å². The number of carbonyl (C=O) groups excluding carboxylic acids is 3. The molecule has 0 saturated carbocycles. The highest BCUT2D eigenvalue weighted by Crippen LogP contribution is 2.19. The summed E-state index contributed by atoms with van der Waals surface area (Å²) in [6.07, 6.45) is 3.86. The first-order valence-corrected chi connectivity index (χ1v) is 12.7. The number of carboxylic acid groups (broad SMARTS) is 1. The zero-order valence-electron chi connectivity index (χ0n) is 22.5. The molecule has 41 heavy (non-hydrogen) atoms. The number of rotatable bonds is 9. The highest BCUT2D eigenvalue weighted by molar-refractivity contribution is 6.07. The van der Waals surface area contributed by atoms with Crippen molar-refractivity contribution in [2.75, 3.05) is 24.4 Å². The summed E-state index contributed by atoms with van der Waals surface area (Å²) in [6, 6.07) is 27.6. The number of anilines is 2. The maximum absolute atomic E-state index is 12.9. The Labute approximate surface area is 237 Å². The number of hydrogen-bond acceptors (Lipinski definition) is 5. The summed E-state index contributed by atoms with van der Waals surface area (Å²) in [4.78, 5) is 49.5. The van der Waals surface area contributed by atoms with E-state index in [1.54, 1.807) is 67.7 Å². The van der Waals surface area contributed by atoms with Gasteiger partial charge in [-0.15, -0.1) is 0 Å². The van der Waals surface area contributed by atoms with Gasteiger partial charge in [-0.2, -0.15) is 0 Å². The zero-order chi connectivity index (χ0) is 29.4. The summed E-state index contributed by atoms with van der Waals surface area (Å²) in [6.45, 7) is 0. The van der Waals surface area contributed by atoms with Gasteiger partial charge in [-0.3, -0.25) is 14.4 Å². The van der Waals surface area contributed by atoms with E-state index in [0.717, 1.165) is 16.7 Å². The van der Waals surface area contributed by atoms with Crippen molar-refractivity contribution < 1.29 is 29.0 Å². The smallest absolute Gasteiger partial charge is 0.337 e. The van der Waals surface area contributed by atoms with Crippen LogP contribution < -0.4 is 10.2 Å². The second-order valence-electron chi connectivity index (χ2n) is 9.20. The number of aliphatic carboxylic acids is 1. The Morgan fingerprint density at radius 3 is 1.78 bits per heavy atom. The first-order chi connectivity index (χ1) is 19.7. The van der Waals surface area contributed by atoms with Crippen LogP contribution in [0.25, 0.3) is 12.2 Å². The Kier molecular flexibility index (Phi) is 9.06. The predicted octanol–water partition coefficient (Wildman–Crippen LogP) is 5.80. The third kappa shape index (κ3) is 7.54. The van der Waals surface area contributed by atoms with Crippen LogP contribution in [0.4, 0.5) is 11.4 Å². The monoisotopic (exact) mass is 548 g/mol. The van der Waals surface area contributed by atoms with Gasteiger partial charge in [-0.25, -0.2) is 4.79 Å². The molecule has 4 aromatic carbocycles. The molecule has 206 valence electrons. The molecule has 0 aliphatic heterocycles. The molecule has 2 N–H and O–H groups in total. The van der Waals surface area contributed by atoms with E-state index in [1.807, 2.05) is 36.4 Å². The van der Waals surface area contributed by atoms with Crippen LogP contribution in [-0.2, 0) is 16.0 Å². The lowest BCUT2D eigenvalue weighted by atomic mass is 10.1. The third-order valence-corrected chi connectivity index (χ3v) is 6.35. The van der Waals surface area contributed by atoms with Crippen molar-refractivity contribution in [1.82, 2.24) is 0 Å². The number of methoxy groups -OCH3 is 1. The molecule has 0 fully saturated rings. The Morgan fingerprint density at radius 1 is 0.732 bits per heavy atom. The van der Waals surface area contributed by atoms with Gasteiger partial charge in [0.1, 0.15) is 0 Å². The number of carbonyl (C=O) groups is 4. The molecular weight excluding hydrogens is 520 g/mol. The topological polar surface area (TPSA) is 113 Å². The molecule has 4 aromatic rings. The molecule has 0 aliphatic carbocycles. The van der Waals surface area contributed by atoms with Gasteiger partial charge < -0.3 is 20.1 Å². The molecule has 0 heterocycles. The summed E-state index contributed by atoms with van der Waals surface area (Å²) < 4.78 is 4.68. The SMILES string of the molecule is COC(=O)c1ccc(C(=O)N(C)c2ccc(C(=O)Nc3ccc(/C=C/c4ccc(CC(=O)O)cc4)cc3)cc2)cc1. The molecule has 4 rings (SSSR count). The number of hydrogen-bond donors (Lipinski definition) is 2. The van der Waals surface area contributed by atoms with Crippen LogP contribution >= 0.6 is 0 Å². The fourth-order valence-electron chi connectivity index (χ4n) is 4.01. The van der Waals surface area contributed by atoms with E-state index in [-0.39, 0.29) is 18.2 Å². The predicted molar refractivity (Wildman–Crippen MR) is 158 cm³/mol. The zero-order valence-corrected chi connectivity index (χ0v) is 22.5. The molecule has 0 unspecified atom stereocenters. The van der Waals surface area contributed by atoms with Crippen LogP contribution in [0.3, 0.4) is 0 Å². The second kappa shape index (κ2) is 13.0. The Balaban J connectivity index is 1.33. The number of carboxylic acids is 1. The van der Waals surface area contributed by atoms with Crippen LogP contribution in [0.1, 0.15) is 47.8 Å². The van der Waals surface area contributed by atoms with E-state index in [0.29, 0.717) is 28.1 Å². The fourth-order valence-corrected chi connectivity index (χ4v) is 4.01. The minimum atomic E-state index is -0.862. The summed E-state index contributed by atoms with van der Waals surface area (Å²) in [5.74, 6) is -1.88. The Morgan fingerprint density at radius 2 is 1.24 bits per heavy atom. The molecule has 0 aromatic heterocycles. The van der Waals surface area contributed by atoms with Crippen molar-refractivity contribution in [3.63, 3.8) is 0 Å². The van der Waals surface area contributed by atoms with E-state index < -0.39 is 11.9 Å². The Hall–Kier alpha value is -5.50. The highest BCUT2D eigenvalue weighted by atomic mass is 16.5. The largest absolute Gasteiger partial charge is 0.481 e. The van der Waals surface area contributed by atoms with Gasteiger partial charge in [0.15, 0.2) is 0 Å². The van der Waals surface area contributed by atoms with Crippen molar-refractivity contribution in [3.05, 3.63) is 130 Å². The van der Waals surface area contributed by atoms with Crippen LogP contribution in [0.15, 0.2) is 97.1 Å². The summed E-state index contributed by atoms with van der Waals surface area (Å²) in [5.41, 5.74) is 5.08. The van der Waals surface area contributed by atoms with E-state index in [9.17, 15) is 19.2 Å². The lowest BCUT2D eigenvalue weighted by molar-refractivity contribution is -0.136. The molecule has 2 amide bonds. The standard InChI is InChI=1S/C33H28N2O6/c1-35(32(39)26-11-13-27(14-12-26)33(40)41-2)29-19-15-25(16-20-29)31(38)34-28-17-9-23(10-18-28)4-3-22-5-7-24(8-6-22)21-30(36)37/h3-20H,21H2,1-2H3,(H,34,38)(H,36,37)/b4-3+. The van der Waals surface area contributed by atoms with Crippen molar-refractivity contribution in [2.45, 2.75) is 6.42 Å². The lowest BCUT2D eigenvalue weighted by Gasteiger charge is -2.18. The van der Waals surface area contributed by atoms with Crippen LogP contribution in [0, 0.1) is 0 Å². The molecule has 8 nitrogen and oxygen atoms in total.